The van der Waals surface area contributed by atoms with Gasteiger partial charge >= 0.3 is 5.97 Å². The average molecular weight is 345 g/mol. The number of benzene rings is 1. The van der Waals surface area contributed by atoms with Crippen LogP contribution in [-0.2, 0) is 0 Å². The van der Waals surface area contributed by atoms with E-state index >= 15 is 0 Å². The Morgan fingerprint density at radius 1 is 1.47 bits per heavy atom. The van der Waals surface area contributed by atoms with E-state index in [1.165, 1.54) is 0 Å². The van der Waals surface area contributed by atoms with E-state index in [-0.39, 0.29) is 17.2 Å². The molecule has 1 N–H and O–H groups in total. The van der Waals surface area contributed by atoms with Crippen molar-refractivity contribution >= 4 is 33.5 Å². The van der Waals surface area contributed by atoms with Crippen molar-refractivity contribution in [3.05, 3.63) is 39.0 Å². The number of hydrogen-bond donors (Lipinski definition) is 1. The van der Waals surface area contributed by atoms with Crippen LogP contribution in [0.1, 0.15) is 35.9 Å². The zero-order valence-corrected chi connectivity index (χ0v) is 12.6. The molecule has 0 radical (unpaired) electrons. The molecule has 19 heavy (non-hydrogen) atoms. The van der Waals surface area contributed by atoms with Crippen LogP contribution in [0.25, 0.3) is 11.3 Å². The number of halogens is 2. The molecule has 6 heteroatoms. The quantitative estimate of drug-likeness (QED) is 0.885. The average Bonchev–Trinajstić information content (AvgIpc) is 2.73. The Kier molecular flexibility index (Phi) is 3.96. The molecule has 0 aliphatic carbocycles. The molecule has 0 atom stereocenters. The van der Waals surface area contributed by atoms with E-state index in [4.69, 9.17) is 16.1 Å². The van der Waals surface area contributed by atoms with Crippen LogP contribution < -0.4 is 0 Å². The van der Waals surface area contributed by atoms with Crippen LogP contribution in [0, 0.1) is 0 Å². The normalized spacial score (nSPS) is 11.0. The SMILES string of the molecule is CC(C)c1onc(-c2ccc(Br)cc2Cl)c1C(=O)O. The number of carbonyl (C=O) groups is 1. The molecule has 0 saturated carbocycles. The molecule has 0 amide bonds. The van der Waals surface area contributed by atoms with Crippen molar-refractivity contribution in [1.82, 2.24) is 5.16 Å². The van der Waals surface area contributed by atoms with Gasteiger partial charge in [-0.05, 0) is 12.1 Å². The van der Waals surface area contributed by atoms with Gasteiger partial charge in [0.25, 0.3) is 0 Å². The molecular weight excluding hydrogens is 334 g/mol. The number of aromatic nitrogens is 1. The Balaban J connectivity index is 2.66. The first kappa shape index (κ1) is 14.1. The van der Waals surface area contributed by atoms with Crippen LogP contribution in [0.2, 0.25) is 5.02 Å². The summed E-state index contributed by atoms with van der Waals surface area (Å²) in [6, 6.07) is 5.17. The first-order valence-corrected chi connectivity index (χ1v) is 6.77. The van der Waals surface area contributed by atoms with Crippen LogP contribution in [0.5, 0.6) is 0 Å². The fourth-order valence-corrected chi connectivity index (χ4v) is 2.53. The number of nitrogens with zero attached hydrogens (tertiary/aromatic N) is 1. The molecule has 1 aromatic carbocycles. The Morgan fingerprint density at radius 2 is 2.16 bits per heavy atom. The molecule has 0 unspecified atom stereocenters. The van der Waals surface area contributed by atoms with Gasteiger partial charge in [-0.25, -0.2) is 4.79 Å². The van der Waals surface area contributed by atoms with Gasteiger partial charge in [0, 0.05) is 16.0 Å². The van der Waals surface area contributed by atoms with Gasteiger partial charge in [-0.1, -0.05) is 52.6 Å². The molecule has 0 bridgehead atoms. The van der Waals surface area contributed by atoms with Crippen LogP contribution in [0.3, 0.4) is 0 Å². The predicted molar refractivity (Wildman–Crippen MR) is 75.7 cm³/mol. The molecule has 1 heterocycles. The lowest BCUT2D eigenvalue weighted by Gasteiger charge is -2.04. The smallest absolute Gasteiger partial charge is 0.341 e. The standard InChI is InChI=1S/C13H11BrClNO3/c1-6(2)12-10(13(17)18)11(16-19-12)8-4-3-7(14)5-9(8)15/h3-6H,1-2H3,(H,17,18). The lowest BCUT2D eigenvalue weighted by atomic mass is 10.0. The van der Waals surface area contributed by atoms with Gasteiger partial charge in [0.05, 0.1) is 5.02 Å². The molecule has 0 saturated heterocycles. The molecule has 0 spiro atoms. The maximum atomic E-state index is 11.4. The highest BCUT2D eigenvalue weighted by molar-refractivity contribution is 9.10. The van der Waals surface area contributed by atoms with E-state index in [1.807, 2.05) is 13.8 Å². The number of aromatic carboxylic acids is 1. The van der Waals surface area contributed by atoms with Crippen molar-refractivity contribution in [2.75, 3.05) is 0 Å². The van der Waals surface area contributed by atoms with E-state index in [1.54, 1.807) is 18.2 Å². The first-order valence-electron chi connectivity index (χ1n) is 5.60. The summed E-state index contributed by atoms with van der Waals surface area (Å²) < 4.78 is 5.97. The molecule has 4 nitrogen and oxygen atoms in total. The third-order valence-electron chi connectivity index (χ3n) is 2.64. The zero-order chi connectivity index (χ0) is 14.2. The van der Waals surface area contributed by atoms with Crippen LogP contribution in [0.4, 0.5) is 0 Å². The van der Waals surface area contributed by atoms with Gasteiger partial charge in [0.1, 0.15) is 11.3 Å². The minimum atomic E-state index is -1.07. The third-order valence-corrected chi connectivity index (χ3v) is 3.45. The maximum Gasteiger partial charge on any atom is 0.341 e. The van der Waals surface area contributed by atoms with Crippen LogP contribution in [0.15, 0.2) is 27.2 Å². The van der Waals surface area contributed by atoms with Crippen molar-refractivity contribution in [3.63, 3.8) is 0 Å². The number of rotatable bonds is 3. The highest BCUT2D eigenvalue weighted by atomic mass is 79.9. The van der Waals surface area contributed by atoms with Crippen molar-refractivity contribution in [2.45, 2.75) is 19.8 Å². The number of carboxylic acids is 1. The molecule has 1 aromatic heterocycles. The minimum Gasteiger partial charge on any atom is -0.477 e. The second-order valence-corrected chi connectivity index (χ2v) is 5.68. The molecule has 100 valence electrons. The summed E-state index contributed by atoms with van der Waals surface area (Å²) in [6.07, 6.45) is 0. The lowest BCUT2D eigenvalue weighted by molar-refractivity contribution is 0.0694. The zero-order valence-electron chi connectivity index (χ0n) is 10.3. The minimum absolute atomic E-state index is 0.0680. The van der Waals surface area contributed by atoms with E-state index in [9.17, 15) is 9.90 Å². The van der Waals surface area contributed by atoms with Crippen molar-refractivity contribution in [2.24, 2.45) is 0 Å². The molecule has 0 fully saturated rings. The summed E-state index contributed by atoms with van der Waals surface area (Å²) >= 11 is 9.43. The fourth-order valence-electron chi connectivity index (χ4n) is 1.77. The monoisotopic (exact) mass is 343 g/mol. The van der Waals surface area contributed by atoms with E-state index in [2.05, 4.69) is 21.1 Å². The lowest BCUT2D eigenvalue weighted by Crippen LogP contribution is -2.02. The summed E-state index contributed by atoms with van der Waals surface area (Å²) in [5, 5.41) is 13.6. The summed E-state index contributed by atoms with van der Waals surface area (Å²) in [5.41, 5.74) is 0.867. The summed E-state index contributed by atoms with van der Waals surface area (Å²) in [7, 11) is 0. The van der Waals surface area contributed by atoms with Gasteiger partial charge in [-0.3, -0.25) is 0 Å². The number of hydrogen-bond acceptors (Lipinski definition) is 3. The van der Waals surface area contributed by atoms with Crippen LogP contribution in [-0.4, -0.2) is 16.2 Å². The fraction of sp³-hybridized carbons (Fsp3) is 0.231. The number of carboxylic acid groups (broad SMARTS) is 1. The third kappa shape index (κ3) is 2.67. The molecule has 2 aromatic rings. The highest BCUT2D eigenvalue weighted by Gasteiger charge is 2.26. The highest BCUT2D eigenvalue weighted by Crippen LogP contribution is 2.35. The largest absolute Gasteiger partial charge is 0.477 e. The Bertz CT molecular complexity index is 637. The second kappa shape index (κ2) is 5.35. The Labute approximate surface area is 123 Å². The van der Waals surface area contributed by atoms with Crippen molar-refractivity contribution in [1.29, 1.82) is 0 Å². The molecule has 2 rings (SSSR count). The van der Waals surface area contributed by atoms with Gasteiger partial charge in [-0.2, -0.15) is 0 Å². The summed E-state index contributed by atoms with van der Waals surface area (Å²) in [5.74, 6) is -0.790. The molecular formula is C13H11BrClNO3. The predicted octanol–water partition coefficient (Wildman–Crippen LogP) is 4.58. The van der Waals surface area contributed by atoms with Crippen molar-refractivity contribution < 1.29 is 14.4 Å². The van der Waals surface area contributed by atoms with Crippen molar-refractivity contribution in [3.8, 4) is 11.3 Å². The van der Waals surface area contributed by atoms with Gasteiger partial charge in [0.15, 0.2) is 5.76 Å². The summed E-state index contributed by atoms with van der Waals surface area (Å²) in [4.78, 5) is 11.4. The Morgan fingerprint density at radius 3 is 2.68 bits per heavy atom. The van der Waals surface area contributed by atoms with E-state index in [0.29, 0.717) is 16.3 Å². The van der Waals surface area contributed by atoms with Gasteiger partial charge in [-0.15, -0.1) is 0 Å². The van der Waals surface area contributed by atoms with E-state index in [0.717, 1.165) is 4.47 Å². The summed E-state index contributed by atoms with van der Waals surface area (Å²) in [6.45, 7) is 3.69. The molecule has 0 aliphatic rings. The maximum absolute atomic E-state index is 11.4. The Hall–Kier alpha value is -1.33. The van der Waals surface area contributed by atoms with Gasteiger partial charge < -0.3 is 9.63 Å². The van der Waals surface area contributed by atoms with Crippen LogP contribution >= 0.6 is 27.5 Å². The second-order valence-electron chi connectivity index (χ2n) is 4.35. The van der Waals surface area contributed by atoms with E-state index < -0.39 is 5.97 Å². The first-order chi connectivity index (χ1) is 8.91. The van der Waals surface area contributed by atoms with Gasteiger partial charge in [0.2, 0.25) is 0 Å². The topological polar surface area (TPSA) is 63.3 Å². The molecule has 0 aliphatic heterocycles.